The van der Waals surface area contributed by atoms with Gasteiger partial charge in [-0.15, -0.1) is 0 Å². The average molecular weight is 319 g/mol. The number of nitrogens with zero attached hydrogens (tertiary/aromatic N) is 3. The Labute approximate surface area is 133 Å². The lowest BCUT2D eigenvalue weighted by Gasteiger charge is -2.16. The van der Waals surface area contributed by atoms with Crippen molar-refractivity contribution in [2.45, 2.75) is 6.92 Å². The van der Waals surface area contributed by atoms with E-state index in [4.69, 9.17) is 9.47 Å². The topological polar surface area (TPSA) is 64.5 Å². The minimum atomic E-state index is -0.552. The molecular formula is C16H18FN3O3. The van der Waals surface area contributed by atoms with Gasteiger partial charge >= 0.3 is 5.97 Å². The number of esters is 1. The molecule has 0 saturated carbocycles. The first kappa shape index (κ1) is 16.7. The lowest BCUT2D eigenvalue weighted by molar-refractivity contribution is 0.0526. The highest BCUT2D eigenvalue weighted by Gasteiger charge is 2.20. The van der Waals surface area contributed by atoms with Gasteiger partial charge in [-0.05, 0) is 19.1 Å². The number of rotatable bonds is 5. The van der Waals surface area contributed by atoms with Crippen LogP contribution in [0.4, 0.5) is 10.2 Å². The van der Waals surface area contributed by atoms with E-state index in [0.717, 1.165) is 0 Å². The predicted octanol–water partition coefficient (Wildman–Crippen LogP) is 2.53. The summed E-state index contributed by atoms with van der Waals surface area (Å²) in [7, 11) is 4.85. The summed E-state index contributed by atoms with van der Waals surface area (Å²) in [4.78, 5) is 22.0. The number of hydrogen-bond donors (Lipinski definition) is 0. The molecule has 2 rings (SSSR count). The molecule has 0 radical (unpaired) electrons. The molecule has 2 aromatic rings. The molecule has 0 amide bonds. The summed E-state index contributed by atoms with van der Waals surface area (Å²) in [5, 5.41) is 0. The van der Waals surface area contributed by atoms with Crippen LogP contribution < -0.4 is 9.64 Å². The maximum Gasteiger partial charge on any atom is 0.343 e. The largest absolute Gasteiger partial charge is 0.494 e. The van der Waals surface area contributed by atoms with E-state index in [1.807, 2.05) is 0 Å². The van der Waals surface area contributed by atoms with Crippen molar-refractivity contribution in [2.24, 2.45) is 0 Å². The Bertz CT molecular complexity index is 720. The number of hydrogen-bond acceptors (Lipinski definition) is 6. The van der Waals surface area contributed by atoms with Crippen LogP contribution in [-0.4, -0.2) is 43.7 Å². The summed E-state index contributed by atoms with van der Waals surface area (Å²) in [6.45, 7) is 1.96. The van der Waals surface area contributed by atoms with Crippen molar-refractivity contribution in [1.29, 1.82) is 0 Å². The van der Waals surface area contributed by atoms with E-state index < -0.39 is 11.8 Å². The second-order valence-corrected chi connectivity index (χ2v) is 4.87. The fourth-order valence-electron chi connectivity index (χ4n) is 2.04. The third-order valence-electron chi connectivity index (χ3n) is 3.11. The van der Waals surface area contributed by atoms with Crippen molar-refractivity contribution in [3.63, 3.8) is 0 Å². The highest BCUT2D eigenvalue weighted by Crippen LogP contribution is 2.28. The number of carbonyl (C=O) groups is 1. The molecule has 0 unspecified atom stereocenters. The highest BCUT2D eigenvalue weighted by molar-refractivity contribution is 5.94. The van der Waals surface area contributed by atoms with Gasteiger partial charge < -0.3 is 14.4 Å². The lowest BCUT2D eigenvalue weighted by Crippen LogP contribution is -2.18. The molecule has 0 aliphatic heterocycles. The van der Waals surface area contributed by atoms with Crippen LogP contribution in [0.15, 0.2) is 24.4 Å². The van der Waals surface area contributed by atoms with Crippen LogP contribution in [0.5, 0.6) is 5.75 Å². The fraction of sp³-hybridized carbons (Fsp3) is 0.312. The zero-order valence-electron chi connectivity index (χ0n) is 13.5. The summed E-state index contributed by atoms with van der Waals surface area (Å²) in [5.74, 6) is -0.446. The van der Waals surface area contributed by atoms with Gasteiger partial charge in [0.25, 0.3) is 0 Å². The van der Waals surface area contributed by atoms with Crippen molar-refractivity contribution in [3.8, 4) is 17.1 Å². The fourth-order valence-corrected chi connectivity index (χ4v) is 2.04. The SMILES string of the molecule is CCOC(=O)c1cnc(-c2cccc(OC)c2F)nc1N(C)C. The summed E-state index contributed by atoms with van der Waals surface area (Å²) < 4.78 is 24.3. The zero-order valence-corrected chi connectivity index (χ0v) is 13.5. The van der Waals surface area contributed by atoms with Gasteiger partial charge in [0.15, 0.2) is 17.4 Å². The van der Waals surface area contributed by atoms with Crippen molar-refractivity contribution in [3.05, 3.63) is 35.8 Å². The van der Waals surface area contributed by atoms with Gasteiger partial charge in [0.2, 0.25) is 0 Å². The summed E-state index contributed by atoms with van der Waals surface area (Å²) in [6.07, 6.45) is 1.34. The Morgan fingerprint density at radius 1 is 1.35 bits per heavy atom. The molecule has 7 heteroatoms. The van der Waals surface area contributed by atoms with Crippen molar-refractivity contribution < 1.29 is 18.7 Å². The Morgan fingerprint density at radius 2 is 2.09 bits per heavy atom. The Kier molecular flexibility index (Phi) is 5.10. The molecule has 0 N–H and O–H groups in total. The first-order valence-electron chi connectivity index (χ1n) is 7.04. The number of halogens is 1. The van der Waals surface area contributed by atoms with Gasteiger partial charge in [0, 0.05) is 20.3 Å². The van der Waals surface area contributed by atoms with Crippen LogP contribution in [0.25, 0.3) is 11.4 Å². The number of carbonyl (C=O) groups excluding carboxylic acids is 1. The van der Waals surface area contributed by atoms with Crippen molar-refractivity contribution in [2.75, 3.05) is 32.7 Å². The van der Waals surface area contributed by atoms with Crippen LogP contribution in [0, 0.1) is 5.82 Å². The van der Waals surface area contributed by atoms with Gasteiger partial charge in [-0.25, -0.2) is 19.2 Å². The smallest absolute Gasteiger partial charge is 0.343 e. The number of benzene rings is 1. The maximum atomic E-state index is 14.4. The monoisotopic (exact) mass is 319 g/mol. The summed E-state index contributed by atoms with van der Waals surface area (Å²) in [5.41, 5.74) is 0.423. The van der Waals surface area contributed by atoms with Crippen LogP contribution in [-0.2, 0) is 4.74 Å². The third-order valence-corrected chi connectivity index (χ3v) is 3.11. The molecule has 122 valence electrons. The first-order valence-corrected chi connectivity index (χ1v) is 7.04. The molecule has 0 fully saturated rings. The minimum absolute atomic E-state index is 0.104. The molecule has 1 heterocycles. The van der Waals surface area contributed by atoms with E-state index >= 15 is 0 Å². The van der Waals surface area contributed by atoms with Crippen molar-refractivity contribution in [1.82, 2.24) is 9.97 Å². The molecule has 0 bridgehead atoms. The maximum absolute atomic E-state index is 14.4. The zero-order chi connectivity index (χ0) is 17.0. The Balaban J connectivity index is 2.54. The van der Waals surface area contributed by atoms with Gasteiger partial charge in [0.1, 0.15) is 11.4 Å². The molecule has 0 saturated heterocycles. The molecular weight excluding hydrogens is 301 g/mol. The van der Waals surface area contributed by atoms with E-state index in [0.29, 0.717) is 5.82 Å². The third kappa shape index (κ3) is 3.39. The minimum Gasteiger partial charge on any atom is -0.494 e. The molecule has 6 nitrogen and oxygen atoms in total. The van der Waals surface area contributed by atoms with E-state index in [1.165, 1.54) is 19.4 Å². The number of ether oxygens (including phenoxy) is 2. The summed E-state index contributed by atoms with van der Waals surface area (Å²) >= 11 is 0. The van der Waals surface area contributed by atoms with Gasteiger partial charge in [-0.2, -0.15) is 0 Å². The van der Waals surface area contributed by atoms with Crippen molar-refractivity contribution >= 4 is 11.8 Å². The molecule has 1 aromatic carbocycles. The van der Waals surface area contributed by atoms with Gasteiger partial charge in [-0.3, -0.25) is 0 Å². The Morgan fingerprint density at radius 3 is 2.70 bits per heavy atom. The van der Waals surface area contributed by atoms with E-state index in [2.05, 4.69) is 9.97 Å². The Hall–Kier alpha value is -2.70. The highest BCUT2D eigenvalue weighted by atomic mass is 19.1. The van der Waals surface area contributed by atoms with Crippen LogP contribution in [0.1, 0.15) is 17.3 Å². The number of aromatic nitrogens is 2. The van der Waals surface area contributed by atoms with Crippen LogP contribution in [0.2, 0.25) is 0 Å². The number of methoxy groups -OCH3 is 1. The summed E-state index contributed by atoms with van der Waals surface area (Å²) in [6, 6.07) is 4.71. The predicted molar refractivity (Wildman–Crippen MR) is 84.3 cm³/mol. The van der Waals surface area contributed by atoms with Crippen LogP contribution in [0.3, 0.4) is 0 Å². The molecule has 1 aromatic heterocycles. The van der Waals surface area contributed by atoms with Gasteiger partial charge in [-0.1, -0.05) is 6.07 Å². The average Bonchev–Trinajstić information content (AvgIpc) is 2.54. The first-order chi connectivity index (χ1) is 11.0. The molecule has 0 spiro atoms. The molecule has 0 aliphatic rings. The second kappa shape index (κ2) is 7.04. The van der Waals surface area contributed by atoms with E-state index in [1.54, 1.807) is 38.1 Å². The van der Waals surface area contributed by atoms with E-state index in [9.17, 15) is 9.18 Å². The number of anilines is 1. The molecule has 23 heavy (non-hydrogen) atoms. The lowest BCUT2D eigenvalue weighted by atomic mass is 10.1. The molecule has 0 atom stereocenters. The van der Waals surface area contributed by atoms with Crippen LogP contribution >= 0.6 is 0 Å². The normalized spacial score (nSPS) is 10.3. The molecule has 0 aliphatic carbocycles. The van der Waals surface area contributed by atoms with E-state index in [-0.39, 0.29) is 29.3 Å². The standard InChI is InChI=1S/C16H18FN3O3/c1-5-23-16(21)11-9-18-14(19-15(11)20(2)3)10-7-6-8-12(22-4)13(10)17/h6-9H,5H2,1-4H3. The quantitative estimate of drug-likeness (QED) is 0.789. The second-order valence-electron chi connectivity index (χ2n) is 4.87. The van der Waals surface area contributed by atoms with Gasteiger partial charge in [0.05, 0.1) is 19.3 Å².